The van der Waals surface area contributed by atoms with Gasteiger partial charge in [-0.05, 0) is 18.3 Å². The highest BCUT2D eigenvalue weighted by atomic mass is 16.1. The molecule has 0 aromatic carbocycles. The van der Waals surface area contributed by atoms with Gasteiger partial charge in [-0.1, -0.05) is 45.4 Å². The summed E-state index contributed by atoms with van der Waals surface area (Å²) in [7, 11) is 0. The first-order chi connectivity index (χ1) is 6.38. The molecule has 1 nitrogen and oxygen atoms in total. The van der Waals surface area contributed by atoms with Gasteiger partial charge in [-0.3, -0.25) is 0 Å². The van der Waals surface area contributed by atoms with Gasteiger partial charge in [0.2, 0.25) is 0 Å². The van der Waals surface area contributed by atoms with Crippen molar-refractivity contribution in [1.29, 1.82) is 0 Å². The molecule has 0 bridgehead atoms. The second-order valence-corrected chi connectivity index (χ2v) is 4.34. The highest BCUT2D eigenvalue weighted by Gasteiger charge is 2.23. The number of aldehydes is 1. The van der Waals surface area contributed by atoms with E-state index < -0.39 is 0 Å². The number of hydrogen-bond donors (Lipinski definition) is 0. The van der Waals surface area contributed by atoms with Crippen LogP contribution in [0.1, 0.15) is 58.3 Å². The molecule has 1 heteroatoms. The molecule has 1 rings (SSSR count). The minimum atomic E-state index is 0.783. The van der Waals surface area contributed by atoms with E-state index in [1.54, 1.807) is 0 Å². The van der Waals surface area contributed by atoms with Crippen molar-refractivity contribution in [2.45, 2.75) is 58.3 Å². The van der Waals surface area contributed by atoms with Crippen LogP contribution < -0.4 is 0 Å². The molecular weight excluding hydrogens is 160 g/mol. The first kappa shape index (κ1) is 10.7. The Morgan fingerprint density at radius 3 is 2.31 bits per heavy atom. The Morgan fingerprint density at radius 2 is 1.77 bits per heavy atom. The Bertz CT molecular complexity index is 140. The van der Waals surface area contributed by atoms with Crippen LogP contribution in [0.4, 0.5) is 0 Å². The predicted molar refractivity (Wildman–Crippen MR) is 55.7 cm³/mol. The standard InChI is InChI=1S/C12H22O/c1-2-6-11-7-3-4-8-12(11)9-5-10-13/h10-12H,2-9H2,1H3. The molecule has 1 aliphatic rings. The number of carbonyl (C=O) groups excluding carboxylic acids is 1. The van der Waals surface area contributed by atoms with Gasteiger partial charge in [-0.25, -0.2) is 0 Å². The van der Waals surface area contributed by atoms with Gasteiger partial charge in [-0.15, -0.1) is 0 Å². The maximum atomic E-state index is 10.3. The van der Waals surface area contributed by atoms with Crippen LogP contribution in [0.25, 0.3) is 0 Å². The van der Waals surface area contributed by atoms with Crippen LogP contribution in [0.3, 0.4) is 0 Å². The molecule has 1 fully saturated rings. The lowest BCUT2D eigenvalue weighted by Gasteiger charge is -2.31. The molecule has 1 saturated carbocycles. The van der Waals surface area contributed by atoms with E-state index in [4.69, 9.17) is 0 Å². The van der Waals surface area contributed by atoms with Gasteiger partial charge in [-0.2, -0.15) is 0 Å². The van der Waals surface area contributed by atoms with Gasteiger partial charge >= 0.3 is 0 Å². The summed E-state index contributed by atoms with van der Waals surface area (Å²) in [5.41, 5.74) is 0. The summed E-state index contributed by atoms with van der Waals surface area (Å²) >= 11 is 0. The van der Waals surface area contributed by atoms with Crippen molar-refractivity contribution in [3.8, 4) is 0 Å². The summed E-state index contributed by atoms with van der Waals surface area (Å²) in [5.74, 6) is 1.79. The summed E-state index contributed by atoms with van der Waals surface area (Å²) in [5, 5.41) is 0. The highest BCUT2D eigenvalue weighted by Crippen LogP contribution is 2.35. The minimum Gasteiger partial charge on any atom is -0.303 e. The zero-order valence-electron chi connectivity index (χ0n) is 8.80. The lowest BCUT2D eigenvalue weighted by atomic mass is 9.75. The summed E-state index contributed by atoms with van der Waals surface area (Å²) < 4.78 is 0. The second-order valence-electron chi connectivity index (χ2n) is 4.34. The fourth-order valence-electron chi connectivity index (χ4n) is 2.70. The molecule has 0 saturated heterocycles. The van der Waals surface area contributed by atoms with Crippen molar-refractivity contribution in [2.75, 3.05) is 0 Å². The van der Waals surface area contributed by atoms with Crippen molar-refractivity contribution >= 4 is 6.29 Å². The maximum absolute atomic E-state index is 10.3. The van der Waals surface area contributed by atoms with Gasteiger partial charge in [0, 0.05) is 6.42 Å². The molecule has 2 atom stereocenters. The van der Waals surface area contributed by atoms with E-state index in [-0.39, 0.29) is 0 Å². The average molecular weight is 182 g/mol. The van der Waals surface area contributed by atoms with Crippen molar-refractivity contribution in [3.05, 3.63) is 0 Å². The molecule has 2 unspecified atom stereocenters. The molecule has 0 heterocycles. The molecule has 76 valence electrons. The smallest absolute Gasteiger partial charge is 0.120 e. The van der Waals surface area contributed by atoms with Crippen molar-refractivity contribution < 1.29 is 4.79 Å². The van der Waals surface area contributed by atoms with Crippen LogP contribution in [-0.4, -0.2) is 6.29 Å². The van der Waals surface area contributed by atoms with Crippen LogP contribution in [-0.2, 0) is 4.79 Å². The first-order valence-electron chi connectivity index (χ1n) is 5.82. The third-order valence-corrected chi connectivity index (χ3v) is 3.38. The van der Waals surface area contributed by atoms with E-state index in [9.17, 15) is 4.79 Å². The maximum Gasteiger partial charge on any atom is 0.120 e. The zero-order valence-corrected chi connectivity index (χ0v) is 8.80. The van der Waals surface area contributed by atoms with Crippen LogP contribution in [0.2, 0.25) is 0 Å². The van der Waals surface area contributed by atoms with Crippen molar-refractivity contribution in [1.82, 2.24) is 0 Å². The second kappa shape index (κ2) is 6.17. The lowest BCUT2D eigenvalue weighted by Crippen LogP contribution is -2.19. The summed E-state index contributed by atoms with van der Waals surface area (Å²) in [4.78, 5) is 10.3. The van der Waals surface area contributed by atoms with E-state index in [2.05, 4.69) is 6.92 Å². The van der Waals surface area contributed by atoms with Crippen LogP contribution in [0.15, 0.2) is 0 Å². The van der Waals surface area contributed by atoms with Gasteiger partial charge < -0.3 is 4.79 Å². The molecule has 0 amide bonds. The summed E-state index contributed by atoms with van der Waals surface area (Å²) in [6, 6.07) is 0. The van der Waals surface area contributed by atoms with Crippen LogP contribution in [0, 0.1) is 11.8 Å². The Kier molecular flexibility index (Phi) is 5.10. The van der Waals surface area contributed by atoms with Crippen LogP contribution >= 0.6 is 0 Å². The van der Waals surface area contributed by atoms with E-state index in [0.717, 1.165) is 31.0 Å². The molecule has 0 spiro atoms. The first-order valence-corrected chi connectivity index (χ1v) is 5.82. The average Bonchev–Trinajstić information content (AvgIpc) is 2.17. The quantitative estimate of drug-likeness (QED) is 0.594. The van der Waals surface area contributed by atoms with E-state index in [1.807, 2.05) is 0 Å². The van der Waals surface area contributed by atoms with Gasteiger partial charge in [0.05, 0.1) is 0 Å². The van der Waals surface area contributed by atoms with E-state index >= 15 is 0 Å². The monoisotopic (exact) mass is 182 g/mol. The Hall–Kier alpha value is -0.330. The number of carbonyl (C=O) groups is 1. The largest absolute Gasteiger partial charge is 0.303 e. The van der Waals surface area contributed by atoms with E-state index in [1.165, 1.54) is 38.5 Å². The Morgan fingerprint density at radius 1 is 1.15 bits per heavy atom. The molecule has 0 N–H and O–H groups in total. The topological polar surface area (TPSA) is 17.1 Å². The zero-order chi connectivity index (χ0) is 9.52. The SMILES string of the molecule is CCCC1CCCCC1CCC=O. The normalized spacial score (nSPS) is 28.7. The Balaban J connectivity index is 2.31. The molecule has 1 aliphatic carbocycles. The molecule has 0 aromatic heterocycles. The minimum absolute atomic E-state index is 0.783. The van der Waals surface area contributed by atoms with Crippen LogP contribution in [0.5, 0.6) is 0 Å². The van der Waals surface area contributed by atoms with Crippen molar-refractivity contribution in [3.63, 3.8) is 0 Å². The number of hydrogen-bond acceptors (Lipinski definition) is 1. The Labute approximate surface area is 81.9 Å². The van der Waals surface area contributed by atoms with Gasteiger partial charge in [0.15, 0.2) is 0 Å². The van der Waals surface area contributed by atoms with Gasteiger partial charge in [0.25, 0.3) is 0 Å². The summed E-state index contributed by atoms with van der Waals surface area (Å²) in [6.07, 6.45) is 11.3. The highest BCUT2D eigenvalue weighted by molar-refractivity contribution is 5.49. The molecule has 0 radical (unpaired) electrons. The third-order valence-electron chi connectivity index (χ3n) is 3.38. The predicted octanol–water partition coefficient (Wildman–Crippen LogP) is 3.57. The molecule has 0 aromatic rings. The fourth-order valence-corrected chi connectivity index (χ4v) is 2.70. The third kappa shape index (κ3) is 3.50. The van der Waals surface area contributed by atoms with Gasteiger partial charge in [0.1, 0.15) is 6.29 Å². The molecule has 0 aliphatic heterocycles. The lowest BCUT2D eigenvalue weighted by molar-refractivity contribution is -0.108. The number of rotatable bonds is 5. The van der Waals surface area contributed by atoms with Crippen molar-refractivity contribution in [2.24, 2.45) is 11.8 Å². The van der Waals surface area contributed by atoms with E-state index in [0.29, 0.717) is 0 Å². The molecular formula is C12H22O. The summed E-state index contributed by atoms with van der Waals surface area (Å²) in [6.45, 7) is 2.27. The molecule has 13 heavy (non-hydrogen) atoms. The fraction of sp³-hybridized carbons (Fsp3) is 0.917.